The summed E-state index contributed by atoms with van der Waals surface area (Å²) in [6, 6.07) is 0. The summed E-state index contributed by atoms with van der Waals surface area (Å²) in [7, 11) is 0. The summed E-state index contributed by atoms with van der Waals surface area (Å²) in [6.07, 6.45) is 0.396. The van der Waals surface area contributed by atoms with Gasteiger partial charge in [-0.2, -0.15) is 0 Å². The predicted octanol–water partition coefficient (Wildman–Crippen LogP) is -1.19. The molecule has 5 nitrogen and oxygen atoms in total. The summed E-state index contributed by atoms with van der Waals surface area (Å²) in [6.45, 7) is 0.372. The maximum atomic E-state index is 10.5. The Morgan fingerprint density at radius 3 is 2.90 bits per heavy atom. The van der Waals surface area contributed by atoms with Crippen LogP contribution < -0.4 is 5.43 Å². The molecule has 1 aliphatic heterocycles. The quantitative estimate of drug-likeness (QED) is 0.511. The third kappa shape index (κ3) is 1.70. The van der Waals surface area contributed by atoms with Gasteiger partial charge in [0.25, 0.3) is 0 Å². The van der Waals surface area contributed by atoms with Crippen LogP contribution in [0.25, 0.3) is 0 Å². The van der Waals surface area contributed by atoms with Crippen molar-refractivity contribution in [3.05, 3.63) is 0 Å². The fourth-order valence-corrected chi connectivity index (χ4v) is 0.807. The zero-order valence-corrected chi connectivity index (χ0v) is 5.33. The average Bonchev–Trinajstić information content (AvgIpc) is 2.13. The predicted molar refractivity (Wildman–Crippen MR) is 32.0 cm³/mol. The first-order valence-electron chi connectivity index (χ1n) is 2.95. The maximum Gasteiger partial charge on any atom is 0.319 e. The van der Waals surface area contributed by atoms with Crippen molar-refractivity contribution in [3.63, 3.8) is 0 Å². The van der Waals surface area contributed by atoms with Crippen LogP contribution in [0.2, 0.25) is 0 Å². The van der Waals surface area contributed by atoms with Gasteiger partial charge in [0.1, 0.15) is 6.54 Å². The van der Waals surface area contributed by atoms with Crippen molar-refractivity contribution in [3.8, 4) is 0 Å². The van der Waals surface area contributed by atoms with E-state index in [9.17, 15) is 9.59 Å². The molecule has 0 atom stereocenters. The van der Waals surface area contributed by atoms with E-state index in [1.165, 1.54) is 5.01 Å². The minimum Gasteiger partial charge on any atom is -0.480 e. The molecule has 0 spiro atoms. The van der Waals surface area contributed by atoms with Gasteiger partial charge in [-0.1, -0.05) is 0 Å². The van der Waals surface area contributed by atoms with E-state index in [0.717, 1.165) is 0 Å². The van der Waals surface area contributed by atoms with Crippen LogP contribution in [-0.2, 0) is 9.59 Å². The lowest BCUT2D eigenvalue weighted by atomic mass is 10.4. The number of hydrogen-bond acceptors (Lipinski definition) is 3. The monoisotopic (exact) mass is 144 g/mol. The van der Waals surface area contributed by atoms with Gasteiger partial charge in [-0.05, 0) is 0 Å². The summed E-state index contributed by atoms with van der Waals surface area (Å²) in [4.78, 5) is 20.6. The van der Waals surface area contributed by atoms with Crippen LogP contribution in [0.3, 0.4) is 0 Å². The van der Waals surface area contributed by atoms with Gasteiger partial charge in [-0.25, -0.2) is 5.01 Å². The fraction of sp³-hybridized carbons (Fsp3) is 0.600. The van der Waals surface area contributed by atoms with Crippen LogP contribution >= 0.6 is 0 Å². The van der Waals surface area contributed by atoms with E-state index in [2.05, 4.69) is 5.43 Å². The van der Waals surface area contributed by atoms with E-state index in [0.29, 0.717) is 13.0 Å². The highest BCUT2D eigenvalue weighted by molar-refractivity contribution is 5.78. The van der Waals surface area contributed by atoms with Crippen LogP contribution in [0.5, 0.6) is 0 Å². The third-order valence-electron chi connectivity index (χ3n) is 1.22. The molecular formula is C5H8N2O3. The molecule has 0 unspecified atom stereocenters. The lowest BCUT2D eigenvalue weighted by Gasteiger charge is -2.09. The molecule has 2 N–H and O–H groups in total. The van der Waals surface area contributed by atoms with Crippen molar-refractivity contribution in [2.24, 2.45) is 0 Å². The van der Waals surface area contributed by atoms with E-state index >= 15 is 0 Å². The number of amides is 1. The Labute approximate surface area is 57.6 Å². The van der Waals surface area contributed by atoms with Crippen molar-refractivity contribution >= 4 is 11.9 Å². The molecule has 0 aliphatic carbocycles. The Kier molecular flexibility index (Phi) is 1.86. The summed E-state index contributed by atoms with van der Waals surface area (Å²) >= 11 is 0. The number of nitrogens with zero attached hydrogens (tertiary/aromatic N) is 1. The van der Waals surface area contributed by atoms with Crippen molar-refractivity contribution in [2.75, 3.05) is 13.1 Å². The SMILES string of the molecule is O=C(O)CN1CCC(=O)N1. The zero-order chi connectivity index (χ0) is 7.56. The van der Waals surface area contributed by atoms with E-state index in [4.69, 9.17) is 5.11 Å². The fourth-order valence-electron chi connectivity index (χ4n) is 0.807. The normalized spacial score (nSPS) is 19.0. The first kappa shape index (κ1) is 7.01. The topological polar surface area (TPSA) is 69.6 Å². The van der Waals surface area contributed by atoms with Gasteiger partial charge in [0.05, 0.1) is 0 Å². The van der Waals surface area contributed by atoms with E-state index in [1.807, 2.05) is 0 Å². The van der Waals surface area contributed by atoms with E-state index in [-0.39, 0.29) is 12.5 Å². The zero-order valence-electron chi connectivity index (χ0n) is 5.33. The Bertz CT molecular complexity index is 168. The molecular weight excluding hydrogens is 136 g/mol. The average molecular weight is 144 g/mol. The molecule has 1 fully saturated rings. The second kappa shape index (κ2) is 2.66. The maximum absolute atomic E-state index is 10.5. The van der Waals surface area contributed by atoms with Crippen molar-refractivity contribution in [1.29, 1.82) is 0 Å². The molecule has 0 bridgehead atoms. The van der Waals surface area contributed by atoms with Gasteiger partial charge in [-0.15, -0.1) is 0 Å². The number of aliphatic carboxylic acids is 1. The molecule has 0 radical (unpaired) electrons. The van der Waals surface area contributed by atoms with E-state index < -0.39 is 5.97 Å². The van der Waals surface area contributed by atoms with Crippen LogP contribution in [0.1, 0.15) is 6.42 Å². The molecule has 1 amide bonds. The smallest absolute Gasteiger partial charge is 0.319 e. The number of carboxylic acid groups (broad SMARTS) is 1. The second-order valence-electron chi connectivity index (χ2n) is 2.10. The lowest BCUT2D eigenvalue weighted by molar-refractivity contribution is -0.138. The highest BCUT2D eigenvalue weighted by Gasteiger charge is 2.19. The summed E-state index contributed by atoms with van der Waals surface area (Å²) in [5, 5.41) is 9.65. The number of hydrogen-bond donors (Lipinski definition) is 2. The highest BCUT2D eigenvalue weighted by atomic mass is 16.4. The minimum absolute atomic E-state index is 0.110. The Balaban J connectivity index is 2.31. The lowest BCUT2D eigenvalue weighted by Crippen LogP contribution is -2.37. The van der Waals surface area contributed by atoms with E-state index in [1.54, 1.807) is 0 Å². The summed E-state index contributed by atoms with van der Waals surface area (Å²) in [5.74, 6) is -1.04. The molecule has 56 valence electrons. The van der Waals surface area contributed by atoms with Crippen LogP contribution in [0.15, 0.2) is 0 Å². The van der Waals surface area contributed by atoms with Gasteiger partial charge >= 0.3 is 5.97 Å². The molecule has 10 heavy (non-hydrogen) atoms. The molecule has 1 aliphatic rings. The number of rotatable bonds is 2. The molecule has 0 aromatic carbocycles. The first-order chi connectivity index (χ1) is 4.68. The van der Waals surface area contributed by atoms with Crippen LogP contribution in [0.4, 0.5) is 0 Å². The minimum atomic E-state index is -0.929. The van der Waals surface area contributed by atoms with Crippen LogP contribution in [0, 0.1) is 0 Å². The van der Waals surface area contributed by atoms with Crippen molar-refractivity contribution < 1.29 is 14.7 Å². The van der Waals surface area contributed by atoms with Gasteiger partial charge in [0.15, 0.2) is 0 Å². The molecule has 5 heteroatoms. The van der Waals surface area contributed by atoms with Gasteiger partial charge in [-0.3, -0.25) is 15.0 Å². The Hall–Kier alpha value is -1.10. The summed E-state index contributed by atoms with van der Waals surface area (Å²) < 4.78 is 0. The van der Waals surface area contributed by atoms with Gasteiger partial charge in [0.2, 0.25) is 5.91 Å². The van der Waals surface area contributed by atoms with Crippen LogP contribution in [-0.4, -0.2) is 35.1 Å². The number of carbonyl (C=O) groups excluding carboxylic acids is 1. The molecule has 1 heterocycles. The molecule has 0 aromatic rings. The molecule has 0 saturated carbocycles. The van der Waals surface area contributed by atoms with Gasteiger partial charge in [0, 0.05) is 13.0 Å². The Morgan fingerprint density at radius 1 is 1.80 bits per heavy atom. The number of hydrazine groups is 1. The Morgan fingerprint density at radius 2 is 2.50 bits per heavy atom. The molecule has 0 aromatic heterocycles. The molecule has 1 rings (SSSR count). The van der Waals surface area contributed by atoms with Crippen molar-refractivity contribution in [1.82, 2.24) is 10.4 Å². The number of nitrogens with one attached hydrogen (secondary N) is 1. The summed E-state index contributed by atoms with van der Waals surface area (Å²) in [5.41, 5.74) is 2.40. The third-order valence-corrected chi connectivity index (χ3v) is 1.22. The largest absolute Gasteiger partial charge is 0.480 e. The first-order valence-corrected chi connectivity index (χ1v) is 2.95. The standard InChI is InChI=1S/C5H8N2O3/c8-4-1-2-7(6-4)3-5(9)10/h1-3H2,(H,6,8)(H,9,10). The number of carboxylic acids is 1. The second-order valence-corrected chi connectivity index (χ2v) is 2.10. The molecule has 1 saturated heterocycles. The van der Waals surface area contributed by atoms with Crippen molar-refractivity contribution in [2.45, 2.75) is 6.42 Å². The number of carbonyl (C=O) groups is 2. The highest BCUT2D eigenvalue weighted by Crippen LogP contribution is 1.95. The van der Waals surface area contributed by atoms with Gasteiger partial charge < -0.3 is 5.11 Å².